The Balaban J connectivity index is 2.43. The van der Waals surface area contributed by atoms with Crippen LogP contribution in [0.25, 0.3) is 0 Å². The van der Waals surface area contributed by atoms with Gasteiger partial charge in [-0.25, -0.2) is 0 Å². The van der Waals surface area contributed by atoms with Crippen molar-refractivity contribution in [2.45, 2.75) is 31.5 Å². The Labute approximate surface area is 103 Å². The summed E-state index contributed by atoms with van der Waals surface area (Å²) in [6, 6.07) is 0. The summed E-state index contributed by atoms with van der Waals surface area (Å²) in [4.78, 5) is 0. The van der Waals surface area contributed by atoms with Crippen LogP contribution < -0.4 is 11.1 Å². The van der Waals surface area contributed by atoms with E-state index < -0.39 is 30.6 Å². The average Bonchev–Trinajstić information content (AvgIpc) is 2.68. The lowest BCUT2D eigenvalue weighted by Crippen LogP contribution is -2.44. The molecule has 1 aliphatic carbocycles. The predicted octanol–water partition coefficient (Wildman–Crippen LogP) is 0.662. The summed E-state index contributed by atoms with van der Waals surface area (Å²) in [5, 5.41) is 22.9. The Morgan fingerprint density at radius 1 is 1.44 bits per heavy atom. The standard InChI is InChI=1S/C10H18F3N3O2/c11-10(12,13)7(9(14)16-18)5-15-4-6-2-1-3-8(6)17/h6-8,15,17-18H,1-5H2,(H2,14,16). The highest BCUT2D eigenvalue weighted by Gasteiger charge is 2.42. The topological polar surface area (TPSA) is 90.9 Å². The lowest BCUT2D eigenvalue weighted by molar-refractivity contribution is -0.155. The fraction of sp³-hybridized carbons (Fsp3) is 0.900. The molecule has 18 heavy (non-hydrogen) atoms. The molecule has 0 aromatic carbocycles. The van der Waals surface area contributed by atoms with Crippen LogP contribution in [0.1, 0.15) is 19.3 Å². The van der Waals surface area contributed by atoms with Gasteiger partial charge >= 0.3 is 6.18 Å². The third kappa shape index (κ3) is 4.02. The molecule has 0 radical (unpaired) electrons. The molecule has 0 amide bonds. The minimum absolute atomic E-state index is 0.0221. The summed E-state index contributed by atoms with van der Waals surface area (Å²) in [6.07, 6.45) is -2.64. The highest BCUT2D eigenvalue weighted by Crippen LogP contribution is 2.27. The van der Waals surface area contributed by atoms with E-state index >= 15 is 0 Å². The zero-order valence-corrected chi connectivity index (χ0v) is 9.82. The van der Waals surface area contributed by atoms with Gasteiger partial charge in [0.25, 0.3) is 0 Å². The molecular formula is C10H18F3N3O2. The molecule has 0 aromatic heterocycles. The molecule has 0 saturated heterocycles. The van der Waals surface area contributed by atoms with Crippen molar-refractivity contribution in [3.63, 3.8) is 0 Å². The first-order valence-corrected chi connectivity index (χ1v) is 5.79. The van der Waals surface area contributed by atoms with Gasteiger partial charge in [0.15, 0.2) is 5.84 Å². The smallest absolute Gasteiger partial charge is 0.400 e. The zero-order valence-electron chi connectivity index (χ0n) is 9.82. The van der Waals surface area contributed by atoms with Gasteiger partial charge in [0.05, 0.1) is 6.10 Å². The van der Waals surface area contributed by atoms with Crippen molar-refractivity contribution in [3.05, 3.63) is 0 Å². The van der Waals surface area contributed by atoms with Gasteiger partial charge in [-0.1, -0.05) is 11.6 Å². The third-order valence-corrected chi connectivity index (χ3v) is 3.24. The summed E-state index contributed by atoms with van der Waals surface area (Å²) < 4.78 is 37.7. The number of alkyl halides is 3. The third-order valence-electron chi connectivity index (χ3n) is 3.24. The van der Waals surface area contributed by atoms with Crippen LogP contribution >= 0.6 is 0 Å². The maximum atomic E-state index is 12.6. The monoisotopic (exact) mass is 269 g/mol. The molecule has 1 rings (SSSR count). The number of oxime groups is 1. The molecule has 0 spiro atoms. The molecule has 5 nitrogen and oxygen atoms in total. The maximum Gasteiger partial charge on any atom is 0.400 e. The number of hydrogen-bond donors (Lipinski definition) is 4. The van der Waals surface area contributed by atoms with Crippen molar-refractivity contribution in [2.75, 3.05) is 13.1 Å². The quantitative estimate of drug-likeness (QED) is 0.255. The minimum atomic E-state index is -4.56. The molecule has 1 aliphatic rings. The van der Waals surface area contributed by atoms with Crippen molar-refractivity contribution in [3.8, 4) is 0 Å². The molecule has 3 atom stereocenters. The molecule has 106 valence electrons. The van der Waals surface area contributed by atoms with Gasteiger partial charge in [-0.3, -0.25) is 0 Å². The number of hydrogen-bond acceptors (Lipinski definition) is 4. The van der Waals surface area contributed by atoms with Gasteiger partial charge in [0.1, 0.15) is 5.92 Å². The molecule has 5 N–H and O–H groups in total. The Morgan fingerprint density at radius 3 is 2.56 bits per heavy atom. The van der Waals surface area contributed by atoms with E-state index in [9.17, 15) is 18.3 Å². The van der Waals surface area contributed by atoms with Crippen LogP contribution in [0.15, 0.2) is 5.16 Å². The average molecular weight is 269 g/mol. The number of amidine groups is 1. The van der Waals surface area contributed by atoms with E-state index in [1.54, 1.807) is 0 Å². The Morgan fingerprint density at radius 2 is 2.11 bits per heavy atom. The van der Waals surface area contributed by atoms with E-state index in [-0.39, 0.29) is 5.92 Å². The summed E-state index contributed by atoms with van der Waals surface area (Å²) in [7, 11) is 0. The first-order chi connectivity index (χ1) is 8.36. The molecular weight excluding hydrogens is 251 g/mol. The first kappa shape index (κ1) is 15.0. The number of nitrogens with two attached hydrogens (primary N) is 1. The van der Waals surface area contributed by atoms with Crippen LogP contribution in [-0.4, -0.2) is 41.5 Å². The molecule has 0 bridgehead atoms. The van der Waals surface area contributed by atoms with E-state index in [0.717, 1.165) is 12.8 Å². The molecule has 0 heterocycles. The summed E-state index contributed by atoms with van der Waals surface area (Å²) in [5.41, 5.74) is 5.02. The molecule has 8 heteroatoms. The van der Waals surface area contributed by atoms with Crippen molar-refractivity contribution in [1.29, 1.82) is 0 Å². The number of nitrogens with one attached hydrogen (secondary N) is 1. The largest absolute Gasteiger partial charge is 0.409 e. The second kappa shape index (κ2) is 6.24. The van der Waals surface area contributed by atoms with Crippen LogP contribution in [0.4, 0.5) is 13.2 Å². The van der Waals surface area contributed by atoms with Gasteiger partial charge in [0.2, 0.25) is 0 Å². The number of rotatable bonds is 5. The minimum Gasteiger partial charge on any atom is -0.409 e. The van der Waals surface area contributed by atoms with E-state index in [2.05, 4.69) is 10.5 Å². The summed E-state index contributed by atoms with van der Waals surface area (Å²) in [6.45, 7) is -0.158. The molecule has 0 aliphatic heterocycles. The Bertz CT molecular complexity index is 297. The molecule has 3 unspecified atom stereocenters. The highest BCUT2D eigenvalue weighted by atomic mass is 19.4. The van der Waals surface area contributed by atoms with Crippen molar-refractivity contribution in [1.82, 2.24) is 5.32 Å². The molecule has 1 saturated carbocycles. The van der Waals surface area contributed by atoms with Crippen LogP contribution in [-0.2, 0) is 0 Å². The zero-order chi connectivity index (χ0) is 13.8. The van der Waals surface area contributed by atoms with Gasteiger partial charge in [-0.05, 0) is 18.8 Å². The van der Waals surface area contributed by atoms with Gasteiger partial charge in [-0.15, -0.1) is 0 Å². The lowest BCUT2D eigenvalue weighted by Gasteiger charge is -2.21. The van der Waals surface area contributed by atoms with Gasteiger partial charge in [0, 0.05) is 13.1 Å². The van der Waals surface area contributed by atoms with E-state index in [0.29, 0.717) is 13.0 Å². The van der Waals surface area contributed by atoms with Crippen LogP contribution in [0, 0.1) is 11.8 Å². The van der Waals surface area contributed by atoms with Gasteiger partial charge < -0.3 is 21.4 Å². The number of halogens is 3. The number of nitrogens with zero attached hydrogens (tertiary/aromatic N) is 1. The lowest BCUT2D eigenvalue weighted by atomic mass is 10.0. The van der Waals surface area contributed by atoms with E-state index in [1.807, 2.05) is 0 Å². The second-order valence-corrected chi connectivity index (χ2v) is 4.54. The summed E-state index contributed by atoms with van der Waals surface area (Å²) in [5.74, 6) is -2.89. The van der Waals surface area contributed by atoms with E-state index in [1.165, 1.54) is 0 Å². The normalized spacial score (nSPS) is 27.4. The molecule has 1 fully saturated rings. The van der Waals surface area contributed by atoms with Crippen LogP contribution in [0.3, 0.4) is 0 Å². The summed E-state index contributed by atoms with van der Waals surface area (Å²) >= 11 is 0. The Kier molecular flexibility index (Phi) is 5.21. The van der Waals surface area contributed by atoms with Crippen molar-refractivity contribution < 1.29 is 23.5 Å². The first-order valence-electron chi connectivity index (χ1n) is 5.79. The highest BCUT2D eigenvalue weighted by molar-refractivity contribution is 5.83. The van der Waals surface area contributed by atoms with Crippen molar-refractivity contribution >= 4 is 5.84 Å². The fourth-order valence-corrected chi connectivity index (χ4v) is 2.13. The SMILES string of the molecule is NC(=NO)C(CNCC1CCCC1O)C(F)(F)F. The molecule has 0 aromatic rings. The fourth-order valence-electron chi connectivity index (χ4n) is 2.13. The predicted molar refractivity (Wildman–Crippen MR) is 59.2 cm³/mol. The van der Waals surface area contributed by atoms with E-state index in [4.69, 9.17) is 10.9 Å². The Hall–Kier alpha value is -1.02. The van der Waals surface area contributed by atoms with Crippen LogP contribution in [0.5, 0.6) is 0 Å². The van der Waals surface area contributed by atoms with Crippen molar-refractivity contribution in [2.24, 2.45) is 22.7 Å². The van der Waals surface area contributed by atoms with Gasteiger partial charge in [-0.2, -0.15) is 13.2 Å². The van der Waals surface area contributed by atoms with Crippen LogP contribution in [0.2, 0.25) is 0 Å². The number of aliphatic hydroxyl groups is 1. The second-order valence-electron chi connectivity index (χ2n) is 4.54. The number of aliphatic hydroxyl groups excluding tert-OH is 1. The maximum absolute atomic E-state index is 12.6.